The number of carbonyl (C=O) groups is 2. The summed E-state index contributed by atoms with van der Waals surface area (Å²) >= 11 is 2.47. The van der Waals surface area contributed by atoms with Crippen molar-refractivity contribution in [1.82, 2.24) is 4.90 Å². The zero-order valence-electron chi connectivity index (χ0n) is 12.6. The number of imide groups is 1. The fourth-order valence-corrected chi connectivity index (χ4v) is 3.73. The molecule has 0 bridgehead atoms. The molecule has 2 amide bonds. The quantitative estimate of drug-likeness (QED) is 0.564. The average Bonchev–Trinajstić information content (AvgIpc) is 3.16. The molecule has 3 rings (SSSR count). The molecule has 4 nitrogen and oxygen atoms in total. The van der Waals surface area contributed by atoms with Crippen LogP contribution < -0.4 is 4.74 Å². The zero-order chi connectivity index (χ0) is 16.9. The molecule has 2 heterocycles. The highest BCUT2D eigenvalue weighted by Crippen LogP contribution is 2.32. The van der Waals surface area contributed by atoms with Crippen LogP contribution in [-0.4, -0.2) is 29.2 Å². The van der Waals surface area contributed by atoms with Crippen LogP contribution in [0.4, 0.5) is 9.18 Å². The molecule has 2 aromatic rings. The van der Waals surface area contributed by atoms with Gasteiger partial charge in [0.05, 0.1) is 11.5 Å². The van der Waals surface area contributed by atoms with Crippen LogP contribution in [0.25, 0.3) is 6.08 Å². The summed E-state index contributed by atoms with van der Waals surface area (Å²) in [5.41, 5.74) is 0. The molecular formula is C17H14FNO3S2. The van der Waals surface area contributed by atoms with Gasteiger partial charge < -0.3 is 4.74 Å². The van der Waals surface area contributed by atoms with Crippen LogP contribution in [0.2, 0.25) is 0 Å². The maximum atomic E-state index is 12.8. The molecule has 1 fully saturated rings. The Kier molecular flexibility index (Phi) is 5.32. The summed E-state index contributed by atoms with van der Waals surface area (Å²) in [4.78, 5) is 26.9. The number of hydrogen-bond acceptors (Lipinski definition) is 5. The van der Waals surface area contributed by atoms with Gasteiger partial charge in [0.25, 0.3) is 11.1 Å². The first-order valence-corrected chi connectivity index (χ1v) is 9.00. The standard InChI is InChI=1S/C17H14FNO3S2/c18-12-4-6-13(7-5-12)22-9-2-8-19-16(20)15(24-17(19)21)11-14-3-1-10-23-14/h1,3-7,10-11H,2,8-9H2. The first kappa shape index (κ1) is 16.7. The Hall–Kier alpha value is -2.12. The third kappa shape index (κ3) is 4.04. The molecule has 124 valence electrons. The van der Waals surface area contributed by atoms with Crippen molar-refractivity contribution >= 4 is 40.3 Å². The smallest absolute Gasteiger partial charge is 0.293 e. The fourth-order valence-electron chi connectivity index (χ4n) is 2.14. The molecule has 0 saturated carbocycles. The highest BCUT2D eigenvalue weighted by Gasteiger charge is 2.34. The van der Waals surface area contributed by atoms with Crippen molar-refractivity contribution in [1.29, 1.82) is 0 Å². The van der Waals surface area contributed by atoms with Gasteiger partial charge >= 0.3 is 0 Å². The maximum absolute atomic E-state index is 12.8. The minimum absolute atomic E-state index is 0.260. The molecule has 0 spiro atoms. The van der Waals surface area contributed by atoms with Gasteiger partial charge in [-0.2, -0.15) is 0 Å². The van der Waals surface area contributed by atoms with Crippen LogP contribution in [-0.2, 0) is 4.79 Å². The van der Waals surface area contributed by atoms with Crippen LogP contribution in [0.5, 0.6) is 5.75 Å². The summed E-state index contributed by atoms with van der Waals surface area (Å²) in [6.45, 7) is 0.644. The van der Waals surface area contributed by atoms with Crippen molar-refractivity contribution in [2.75, 3.05) is 13.2 Å². The third-order valence-corrected chi connectivity index (χ3v) is 5.03. The topological polar surface area (TPSA) is 46.6 Å². The molecule has 1 aromatic heterocycles. The number of hydrogen-bond donors (Lipinski definition) is 0. The summed E-state index contributed by atoms with van der Waals surface area (Å²) in [6.07, 6.45) is 2.26. The summed E-state index contributed by atoms with van der Waals surface area (Å²) in [5.74, 6) is -0.0268. The normalized spacial score (nSPS) is 16.2. The van der Waals surface area contributed by atoms with E-state index in [-0.39, 0.29) is 17.0 Å². The minimum Gasteiger partial charge on any atom is -0.494 e. The molecule has 0 unspecified atom stereocenters. The van der Waals surface area contributed by atoms with Crippen LogP contribution in [0.15, 0.2) is 46.7 Å². The molecule has 1 aromatic carbocycles. The SMILES string of the molecule is O=C1SC(=Cc2cccs2)C(=O)N1CCCOc1ccc(F)cc1. The van der Waals surface area contributed by atoms with Crippen molar-refractivity contribution in [2.45, 2.75) is 6.42 Å². The summed E-state index contributed by atoms with van der Waals surface area (Å²) in [6, 6.07) is 9.52. The zero-order valence-corrected chi connectivity index (χ0v) is 14.2. The van der Waals surface area contributed by atoms with Gasteiger partial charge in [-0.05, 0) is 60.0 Å². The molecule has 1 aliphatic heterocycles. The van der Waals surface area contributed by atoms with Crippen molar-refractivity contribution in [3.63, 3.8) is 0 Å². The number of carbonyl (C=O) groups excluding carboxylic acids is 2. The fraction of sp³-hybridized carbons (Fsp3) is 0.176. The van der Waals surface area contributed by atoms with Crippen molar-refractivity contribution in [3.8, 4) is 5.75 Å². The number of thioether (sulfide) groups is 1. The van der Waals surface area contributed by atoms with E-state index in [0.717, 1.165) is 16.6 Å². The lowest BCUT2D eigenvalue weighted by atomic mass is 10.3. The maximum Gasteiger partial charge on any atom is 0.293 e. The van der Waals surface area contributed by atoms with E-state index >= 15 is 0 Å². The molecule has 7 heteroatoms. The monoisotopic (exact) mass is 363 g/mol. The molecular weight excluding hydrogens is 349 g/mol. The number of ether oxygens (including phenoxy) is 1. The molecule has 1 saturated heterocycles. The largest absolute Gasteiger partial charge is 0.494 e. The first-order chi connectivity index (χ1) is 11.6. The van der Waals surface area contributed by atoms with E-state index in [1.807, 2.05) is 17.5 Å². The lowest BCUT2D eigenvalue weighted by molar-refractivity contribution is -0.122. The van der Waals surface area contributed by atoms with Gasteiger partial charge in [-0.15, -0.1) is 11.3 Å². The third-order valence-electron chi connectivity index (χ3n) is 3.30. The number of benzene rings is 1. The second-order valence-electron chi connectivity index (χ2n) is 5.00. The Labute approximate surface area is 146 Å². The van der Waals surface area contributed by atoms with Crippen molar-refractivity contribution < 1.29 is 18.7 Å². The molecule has 1 aliphatic rings. The molecule has 0 atom stereocenters. The number of amides is 2. The lowest BCUT2D eigenvalue weighted by Gasteiger charge is -2.12. The molecule has 24 heavy (non-hydrogen) atoms. The van der Waals surface area contributed by atoms with Gasteiger partial charge in [0.2, 0.25) is 0 Å². The predicted octanol–water partition coefficient (Wildman–Crippen LogP) is 4.39. The van der Waals surface area contributed by atoms with E-state index in [2.05, 4.69) is 0 Å². The highest BCUT2D eigenvalue weighted by molar-refractivity contribution is 8.18. The van der Waals surface area contributed by atoms with Gasteiger partial charge in [0.15, 0.2) is 0 Å². The Bertz CT molecular complexity index is 757. The van der Waals surface area contributed by atoms with Crippen LogP contribution in [0.1, 0.15) is 11.3 Å². The van der Waals surface area contributed by atoms with Crippen LogP contribution >= 0.6 is 23.1 Å². The van der Waals surface area contributed by atoms with E-state index < -0.39 is 0 Å². The van der Waals surface area contributed by atoms with Gasteiger partial charge in [0, 0.05) is 11.4 Å². The van der Waals surface area contributed by atoms with Gasteiger partial charge in [0.1, 0.15) is 11.6 Å². The van der Waals surface area contributed by atoms with E-state index in [1.54, 1.807) is 18.2 Å². The Balaban J connectivity index is 1.51. The average molecular weight is 363 g/mol. The predicted molar refractivity (Wildman–Crippen MR) is 93.5 cm³/mol. The molecule has 0 aliphatic carbocycles. The summed E-state index contributed by atoms with van der Waals surface area (Å²) in [7, 11) is 0. The van der Waals surface area contributed by atoms with E-state index in [0.29, 0.717) is 30.2 Å². The number of rotatable bonds is 6. The number of thiophene rings is 1. The van der Waals surface area contributed by atoms with Crippen LogP contribution in [0.3, 0.4) is 0 Å². The minimum atomic E-state index is -0.322. The first-order valence-electron chi connectivity index (χ1n) is 7.31. The van der Waals surface area contributed by atoms with Gasteiger partial charge in [-0.3, -0.25) is 14.5 Å². The molecule has 0 radical (unpaired) electrons. The van der Waals surface area contributed by atoms with Crippen molar-refractivity contribution in [2.24, 2.45) is 0 Å². The Morgan fingerprint density at radius 3 is 2.67 bits per heavy atom. The van der Waals surface area contributed by atoms with Crippen LogP contribution in [0, 0.1) is 5.82 Å². The lowest BCUT2D eigenvalue weighted by Crippen LogP contribution is -2.30. The highest BCUT2D eigenvalue weighted by atomic mass is 32.2. The van der Waals surface area contributed by atoms with Gasteiger partial charge in [-0.1, -0.05) is 6.07 Å². The molecule has 0 N–H and O–H groups in total. The van der Waals surface area contributed by atoms with Crippen molar-refractivity contribution in [3.05, 3.63) is 57.4 Å². The summed E-state index contributed by atoms with van der Waals surface area (Å²) in [5, 5.41) is 1.66. The second kappa shape index (κ2) is 7.63. The number of halogens is 1. The Morgan fingerprint density at radius 2 is 1.96 bits per heavy atom. The summed E-state index contributed by atoms with van der Waals surface area (Å²) < 4.78 is 18.3. The van der Waals surface area contributed by atoms with E-state index in [4.69, 9.17) is 4.74 Å². The van der Waals surface area contributed by atoms with E-state index in [9.17, 15) is 14.0 Å². The van der Waals surface area contributed by atoms with E-state index in [1.165, 1.54) is 28.4 Å². The Morgan fingerprint density at radius 1 is 1.17 bits per heavy atom. The van der Waals surface area contributed by atoms with Gasteiger partial charge in [-0.25, -0.2) is 4.39 Å². The second-order valence-corrected chi connectivity index (χ2v) is 6.98. The number of nitrogens with zero attached hydrogens (tertiary/aromatic N) is 1.